The first-order chi connectivity index (χ1) is 15.0. The van der Waals surface area contributed by atoms with Crippen LogP contribution in [0.2, 0.25) is 0 Å². The number of nitrogens with zero attached hydrogens (tertiary/aromatic N) is 2. The molecule has 2 aromatic heterocycles. The topological polar surface area (TPSA) is 89.2 Å². The van der Waals surface area contributed by atoms with E-state index in [9.17, 15) is 9.59 Å². The number of hydrogen-bond acceptors (Lipinski definition) is 4. The number of hydrogen-bond donors (Lipinski definition) is 2. The van der Waals surface area contributed by atoms with Gasteiger partial charge in [-0.15, -0.1) is 0 Å². The number of furan rings is 1. The molecule has 31 heavy (non-hydrogen) atoms. The smallest absolute Gasteiger partial charge is 0.286 e. The number of para-hydroxylation sites is 2. The molecule has 0 aliphatic rings. The third-order valence-corrected chi connectivity index (χ3v) is 4.92. The van der Waals surface area contributed by atoms with Crippen LogP contribution in [0.5, 0.6) is 0 Å². The first kappa shape index (κ1) is 20.4. The van der Waals surface area contributed by atoms with Crippen molar-refractivity contribution in [2.24, 2.45) is 0 Å². The summed E-state index contributed by atoms with van der Waals surface area (Å²) in [6, 6.07) is 16.9. The van der Waals surface area contributed by atoms with Crippen LogP contribution >= 0.6 is 0 Å². The summed E-state index contributed by atoms with van der Waals surface area (Å²) in [7, 11) is 0. The molecule has 7 heteroatoms. The number of benzene rings is 2. The van der Waals surface area contributed by atoms with Crippen LogP contribution in [-0.4, -0.2) is 27.9 Å². The summed E-state index contributed by atoms with van der Waals surface area (Å²) < 4.78 is 7.01. The Morgan fingerprint density at radius 1 is 1.03 bits per heavy atom. The standard InChI is InChI=1S/C24H24N4O3/c1-16-12-17(2)14-18(13-16)26-23(29)15-28-20-7-4-3-6-19(20)27-22(28)9-10-25-24(30)21-8-5-11-31-21/h3-8,11-14H,9-10,15H2,1-2H3,(H,25,30)(H,26,29). The van der Waals surface area contributed by atoms with E-state index in [0.29, 0.717) is 13.0 Å². The number of rotatable bonds is 7. The maximum atomic E-state index is 12.8. The summed E-state index contributed by atoms with van der Waals surface area (Å²) in [4.78, 5) is 29.6. The van der Waals surface area contributed by atoms with E-state index in [-0.39, 0.29) is 24.1 Å². The highest BCUT2D eigenvalue weighted by molar-refractivity contribution is 5.92. The van der Waals surface area contributed by atoms with E-state index in [2.05, 4.69) is 21.7 Å². The lowest BCUT2D eigenvalue weighted by Crippen LogP contribution is -2.27. The summed E-state index contributed by atoms with van der Waals surface area (Å²) >= 11 is 0. The summed E-state index contributed by atoms with van der Waals surface area (Å²) in [6.07, 6.45) is 1.95. The van der Waals surface area contributed by atoms with Gasteiger partial charge in [0.15, 0.2) is 5.76 Å². The van der Waals surface area contributed by atoms with Gasteiger partial charge in [0.2, 0.25) is 5.91 Å². The van der Waals surface area contributed by atoms with Gasteiger partial charge >= 0.3 is 0 Å². The van der Waals surface area contributed by atoms with Crippen molar-refractivity contribution in [3.63, 3.8) is 0 Å². The first-order valence-electron chi connectivity index (χ1n) is 10.1. The molecule has 0 aliphatic carbocycles. The average molecular weight is 416 g/mol. The van der Waals surface area contributed by atoms with E-state index in [0.717, 1.165) is 33.7 Å². The monoisotopic (exact) mass is 416 g/mol. The highest BCUT2D eigenvalue weighted by Crippen LogP contribution is 2.18. The number of aromatic nitrogens is 2. The lowest BCUT2D eigenvalue weighted by atomic mass is 10.1. The number of carbonyl (C=O) groups excluding carboxylic acids is 2. The Bertz CT molecular complexity index is 1200. The van der Waals surface area contributed by atoms with Gasteiger partial charge in [-0.1, -0.05) is 18.2 Å². The van der Waals surface area contributed by atoms with Gasteiger partial charge in [0.1, 0.15) is 12.4 Å². The molecule has 158 valence electrons. The normalized spacial score (nSPS) is 10.9. The minimum atomic E-state index is -0.278. The van der Waals surface area contributed by atoms with Crippen LogP contribution in [0, 0.1) is 13.8 Å². The van der Waals surface area contributed by atoms with Crippen LogP contribution in [0.25, 0.3) is 11.0 Å². The van der Waals surface area contributed by atoms with E-state index in [4.69, 9.17) is 4.42 Å². The molecule has 2 heterocycles. The van der Waals surface area contributed by atoms with Crippen molar-refractivity contribution in [3.8, 4) is 0 Å². The highest BCUT2D eigenvalue weighted by Gasteiger charge is 2.15. The quantitative estimate of drug-likeness (QED) is 0.479. The predicted octanol–water partition coefficient (Wildman–Crippen LogP) is 3.86. The number of amides is 2. The van der Waals surface area contributed by atoms with Crippen LogP contribution in [0.4, 0.5) is 5.69 Å². The second-order valence-electron chi connectivity index (χ2n) is 7.51. The van der Waals surface area contributed by atoms with Crippen molar-refractivity contribution in [2.75, 3.05) is 11.9 Å². The molecule has 0 aliphatic heterocycles. The maximum absolute atomic E-state index is 12.8. The largest absolute Gasteiger partial charge is 0.459 e. The molecule has 0 saturated carbocycles. The van der Waals surface area contributed by atoms with Crippen LogP contribution in [0.3, 0.4) is 0 Å². The van der Waals surface area contributed by atoms with Gasteiger partial charge in [0.25, 0.3) is 5.91 Å². The third kappa shape index (κ3) is 4.83. The van der Waals surface area contributed by atoms with Gasteiger partial charge < -0.3 is 19.6 Å². The zero-order valence-corrected chi connectivity index (χ0v) is 17.5. The van der Waals surface area contributed by atoms with E-state index in [1.807, 2.05) is 54.8 Å². The molecule has 2 aromatic carbocycles. The summed E-state index contributed by atoms with van der Waals surface area (Å²) in [5.41, 5.74) is 4.66. The summed E-state index contributed by atoms with van der Waals surface area (Å²) in [5.74, 6) is 0.590. The molecule has 4 rings (SSSR count). The number of imidazole rings is 1. The second-order valence-corrected chi connectivity index (χ2v) is 7.51. The van der Waals surface area contributed by atoms with Crippen LogP contribution < -0.4 is 10.6 Å². The maximum Gasteiger partial charge on any atom is 0.286 e. The molecular formula is C24H24N4O3. The molecule has 2 N–H and O–H groups in total. The van der Waals surface area contributed by atoms with Gasteiger partial charge in [0, 0.05) is 18.7 Å². The molecule has 4 aromatic rings. The van der Waals surface area contributed by atoms with E-state index in [1.165, 1.54) is 6.26 Å². The van der Waals surface area contributed by atoms with Gasteiger partial charge in [-0.2, -0.15) is 0 Å². The predicted molar refractivity (Wildman–Crippen MR) is 119 cm³/mol. The lowest BCUT2D eigenvalue weighted by Gasteiger charge is -2.11. The molecule has 0 fully saturated rings. The number of anilines is 1. The average Bonchev–Trinajstić information content (AvgIpc) is 3.36. The Kier molecular flexibility index (Phi) is 5.84. The van der Waals surface area contributed by atoms with Gasteiger partial charge in [-0.25, -0.2) is 4.98 Å². The minimum Gasteiger partial charge on any atom is -0.459 e. The lowest BCUT2D eigenvalue weighted by molar-refractivity contribution is -0.116. The molecule has 0 atom stereocenters. The number of fused-ring (bicyclic) bond motifs is 1. The Hall–Kier alpha value is -3.87. The number of carbonyl (C=O) groups is 2. The minimum absolute atomic E-state index is 0.131. The summed E-state index contributed by atoms with van der Waals surface area (Å²) in [6.45, 7) is 4.51. The van der Waals surface area contributed by atoms with Gasteiger partial charge in [-0.05, 0) is 61.4 Å². The van der Waals surface area contributed by atoms with Crippen LogP contribution in [0.1, 0.15) is 27.5 Å². The second kappa shape index (κ2) is 8.87. The molecular weight excluding hydrogens is 392 g/mol. The number of aryl methyl sites for hydroxylation is 2. The van der Waals surface area contributed by atoms with Crippen LogP contribution in [0.15, 0.2) is 65.3 Å². The van der Waals surface area contributed by atoms with Crippen molar-refractivity contribution >= 4 is 28.5 Å². The van der Waals surface area contributed by atoms with E-state index < -0.39 is 0 Å². The number of nitrogens with one attached hydrogen (secondary N) is 2. The Morgan fingerprint density at radius 3 is 2.55 bits per heavy atom. The molecule has 0 spiro atoms. The Labute approximate surface area is 180 Å². The van der Waals surface area contributed by atoms with Crippen molar-refractivity contribution in [3.05, 3.63) is 83.6 Å². The van der Waals surface area contributed by atoms with Crippen LogP contribution in [-0.2, 0) is 17.8 Å². The molecule has 7 nitrogen and oxygen atoms in total. The van der Waals surface area contributed by atoms with Gasteiger partial charge in [0.05, 0.1) is 17.3 Å². The van der Waals surface area contributed by atoms with Crippen molar-refractivity contribution < 1.29 is 14.0 Å². The van der Waals surface area contributed by atoms with E-state index >= 15 is 0 Å². The fourth-order valence-electron chi connectivity index (χ4n) is 3.67. The van der Waals surface area contributed by atoms with Crippen molar-refractivity contribution in [2.45, 2.75) is 26.8 Å². The first-order valence-corrected chi connectivity index (χ1v) is 10.1. The molecule has 0 saturated heterocycles. The molecule has 0 bridgehead atoms. The third-order valence-electron chi connectivity index (χ3n) is 4.92. The molecule has 0 unspecified atom stereocenters. The molecule has 2 amide bonds. The van der Waals surface area contributed by atoms with Crippen molar-refractivity contribution in [1.82, 2.24) is 14.9 Å². The zero-order chi connectivity index (χ0) is 21.8. The zero-order valence-electron chi connectivity index (χ0n) is 17.5. The van der Waals surface area contributed by atoms with E-state index in [1.54, 1.807) is 12.1 Å². The SMILES string of the molecule is Cc1cc(C)cc(NC(=O)Cn2c(CCNC(=O)c3ccco3)nc3ccccc32)c1. The molecule has 0 radical (unpaired) electrons. The Morgan fingerprint density at radius 2 is 1.81 bits per heavy atom. The fraction of sp³-hybridized carbons (Fsp3) is 0.208. The summed E-state index contributed by atoms with van der Waals surface area (Å²) in [5, 5.41) is 5.80. The van der Waals surface area contributed by atoms with Crippen molar-refractivity contribution in [1.29, 1.82) is 0 Å². The Balaban J connectivity index is 1.49. The fourth-order valence-corrected chi connectivity index (χ4v) is 3.67. The van der Waals surface area contributed by atoms with Gasteiger partial charge in [-0.3, -0.25) is 9.59 Å². The highest BCUT2D eigenvalue weighted by atomic mass is 16.3.